The van der Waals surface area contributed by atoms with Gasteiger partial charge in [0.2, 0.25) is 0 Å². The van der Waals surface area contributed by atoms with Crippen molar-refractivity contribution in [2.24, 2.45) is 0 Å². The second-order valence-electron chi connectivity index (χ2n) is 4.30. The van der Waals surface area contributed by atoms with Crippen molar-refractivity contribution in [1.82, 2.24) is 0 Å². The number of hydrogen-bond acceptors (Lipinski definition) is 3. The first-order valence-electron chi connectivity index (χ1n) is 6.06. The maximum Gasteiger partial charge on any atom is 0.337 e. The molecule has 21 heavy (non-hydrogen) atoms. The summed E-state index contributed by atoms with van der Waals surface area (Å²) in [6.07, 6.45) is -1.34. The van der Waals surface area contributed by atoms with Crippen LogP contribution in [0.3, 0.4) is 0 Å². The van der Waals surface area contributed by atoms with Gasteiger partial charge >= 0.3 is 5.97 Å². The average Bonchev–Trinajstić information content (AvgIpc) is 2.49. The minimum absolute atomic E-state index is 0.0732. The van der Waals surface area contributed by atoms with Crippen molar-refractivity contribution in [3.05, 3.63) is 64.7 Å². The predicted molar refractivity (Wildman–Crippen MR) is 78.4 cm³/mol. The van der Waals surface area contributed by atoms with Crippen LogP contribution in [0.15, 0.2) is 48.5 Å². The van der Waals surface area contributed by atoms with Gasteiger partial charge in [0.1, 0.15) is 0 Å². The topological polar surface area (TPSA) is 86.6 Å². The van der Waals surface area contributed by atoms with Gasteiger partial charge < -0.3 is 15.5 Å². The standard InChI is InChI=1S/C15H12ClNO4/c16-12-7-6-10(8-11(12)15(20)21)17-14(19)13(18)9-4-2-1-3-5-9/h1-8,13,18H,(H,17,19)(H,20,21). The van der Waals surface area contributed by atoms with Crippen LogP contribution in [0.1, 0.15) is 22.0 Å². The van der Waals surface area contributed by atoms with Crippen molar-refractivity contribution in [1.29, 1.82) is 0 Å². The summed E-state index contributed by atoms with van der Waals surface area (Å²) in [6, 6.07) is 12.5. The molecule has 0 fully saturated rings. The molecule has 0 aliphatic carbocycles. The Kier molecular flexibility index (Phi) is 4.57. The van der Waals surface area contributed by atoms with Crippen molar-refractivity contribution >= 4 is 29.2 Å². The Hall–Kier alpha value is -2.37. The van der Waals surface area contributed by atoms with Crippen LogP contribution in [0.25, 0.3) is 0 Å². The number of aromatic carboxylic acids is 1. The normalized spacial score (nSPS) is 11.7. The quantitative estimate of drug-likeness (QED) is 0.810. The molecule has 2 rings (SSSR count). The molecule has 1 amide bonds. The maximum absolute atomic E-state index is 11.9. The molecule has 1 unspecified atom stereocenters. The smallest absolute Gasteiger partial charge is 0.337 e. The number of anilines is 1. The molecule has 0 heterocycles. The van der Waals surface area contributed by atoms with Crippen molar-refractivity contribution in [3.8, 4) is 0 Å². The molecule has 3 N–H and O–H groups in total. The lowest BCUT2D eigenvalue weighted by molar-refractivity contribution is -0.124. The highest BCUT2D eigenvalue weighted by Gasteiger charge is 2.18. The molecular weight excluding hydrogens is 294 g/mol. The lowest BCUT2D eigenvalue weighted by Gasteiger charge is -2.12. The van der Waals surface area contributed by atoms with E-state index in [0.717, 1.165) is 0 Å². The molecule has 108 valence electrons. The molecule has 0 aliphatic rings. The van der Waals surface area contributed by atoms with Gasteiger partial charge in [-0.25, -0.2) is 4.79 Å². The summed E-state index contributed by atoms with van der Waals surface area (Å²) in [5, 5.41) is 21.4. The highest BCUT2D eigenvalue weighted by atomic mass is 35.5. The molecule has 5 nitrogen and oxygen atoms in total. The van der Waals surface area contributed by atoms with E-state index in [9.17, 15) is 14.7 Å². The fraction of sp³-hybridized carbons (Fsp3) is 0.0667. The van der Waals surface area contributed by atoms with Gasteiger partial charge in [-0.2, -0.15) is 0 Å². The molecule has 6 heteroatoms. The van der Waals surface area contributed by atoms with E-state index in [1.807, 2.05) is 0 Å². The molecule has 0 saturated heterocycles. The van der Waals surface area contributed by atoms with Crippen LogP contribution in [-0.2, 0) is 4.79 Å². The Morgan fingerprint density at radius 3 is 2.38 bits per heavy atom. The van der Waals surface area contributed by atoms with Crippen LogP contribution in [0.5, 0.6) is 0 Å². The Morgan fingerprint density at radius 2 is 1.76 bits per heavy atom. The molecule has 1 atom stereocenters. The number of nitrogens with one attached hydrogen (secondary N) is 1. The van der Waals surface area contributed by atoms with Crippen molar-refractivity contribution in [2.75, 3.05) is 5.32 Å². The highest BCUT2D eigenvalue weighted by Crippen LogP contribution is 2.22. The molecule has 2 aromatic rings. The van der Waals surface area contributed by atoms with E-state index >= 15 is 0 Å². The summed E-state index contributed by atoms with van der Waals surface area (Å²) in [7, 11) is 0. The van der Waals surface area contributed by atoms with Gasteiger partial charge in [0, 0.05) is 5.69 Å². The molecule has 0 radical (unpaired) electrons. The van der Waals surface area contributed by atoms with E-state index in [-0.39, 0.29) is 16.3 Å². The van der Waals surface area contributed by atoms with Gasteiger partial charge in [0.25, 0.3) is 5.91 Å². The second kappa shape index (κ2) is 6.39. The number of halogens is 1. The van der Waals surface area contributed by atoms with Gasteiger partial charge in [-0.05, 0) is 23.8 Å². The van der Waals surface area contributed by atoms with Gasteiger partial charge in [-0.1, -0.05) is 41.9 Å². The Morgan fingerprint density at radius 1 is 1.10 bits per heavy atom. The number of carboxylic acids is 1. The van der Waals surface area contributed by atoms with Crippen LogP contribution < -0.4 is 5.32 Å². The van der Waals surface area contributed by atoms with Gasteiger partial charge in [0.05, 0.1) is 10.6 Å². The van der Waals surface area contributed by atoms with E-state index in [4.69, 9.17) is 16.7 Å². The van der Waals surface area contributed by atoms with Crippen LogP contribution in [0.4, 0.5) is 5.69 Å². The number of carbonyl (C=O) groups is 2. The van der Waals surface area contributed by atoms with E-state index in [1.54, 1.807) is 30.3 Å². The summed E-state index contributed by atoms with van der Waals surface area (Å²) in [5.41, 5.74) is 0.572. The van der Waals surface area contributed by atoms with E-state index in [0.29, 0.717) is 5.56 Å². The number of carboxylic acid groups (broad SMARTS) is 1. The Bertz CT molecular complexity index is 673. The SMILES string of the molecule is O=C(O)c1cc(NC(=O)C(O)c2ccccc2)ccc1Cl. The van der Waals surface area contributed by atoms with E-state index < -0.39 is 18.0 Å². The summed E-state index contributed by atoms with van der Waals surface area (Å²) in [4.78, 5) is 22.9. The molecule has 0 aromatic heterocycles. The van der Waals surface area contributed by atoms with Crippen molar-refractivity contribution in [2.45, 2.75) is 6.10 Å². The third kappa shape index (κ3) is 3.59. The number of amides is 1. The first-order chi connectivity index (χ1) is 9.99. The first-order valence-corrected chi connectivity index (χ1v) is 6.43. The number of benzene rings is 2. The van der Waals surface area contributed by atoms with E-state index in [1.165, 1.54) is 18.2 Å². The molecule has 0 aliphatic heterocycles. The number of carbonyl (C=O) groups excluding carboxylic acids is 1. The third-order valence-corrected chi connectivity index (χ3v) is 3.16. The van der Waals surface area contributed by atoms with Crippen LogP contribution in [0, 0.1) is 0 Å². The molecule has 0 saturated carbocycles. The molecule has 2 aromatic carbocycles. The van der Waals surface area contributed by atoms with Crippen molar-refractivity contribution in [3.63, 3.8) is 0 Å². The molecule has 0 bridgehead atoms. The monoisotopic (exact) mass is 305 g/mol. The largest absolute Gasteiger partial charge is 0.478 e. The average molecular weight is 306 g/mol. The summed E-state index contributed by atoms with van der Waals surface area (Å²) < 4.78 is 0. The molecule has 0 spiro atoms. The number of hydrogen-bond donors (Lipinski definition) is 3. The maximum atomic E-state index is 11.9. The zero-order valence-corrected chi connectivity index (χ0v) is 11.5. The third-order valence-electron chi connectivity index (χ3n) is 2.83. The Labute approximate surface area is 125 Å². The van der Waals surface area contributed by atoms with Gasteiger partial charge in [-0.3, -0.25) is 4.79 Å². The lowest BCUT2D eigenvalue weighted by Crippen LogP contribution is -2.21. The molecular formula is C15H12ClNO4. The number of aliphatic hydroxyl groups is 1. The zero-order chi connectivity index (χ0) is 15.4. The van der Waals surface area contributed by atoms with Gasteiger partial charge in [0.15, 0.2) is 6.10 Å². The number of rotatable bonds is 4. The fourth-order valence-corrected chi connectivity index (χ4v) is 1.96. The van der Waals surface area contributed by atoms with Crippen LogP contribution in [0.2, 0.25) is 5.02 Å². The Balaban J connectivity index is 2.16. The van der Waals surface area contributed by atoms with Crippen LogP contribution in [-0.4, -0.2) is 22.1 Å². The minimum Gasteiger partial charge on any atom is -0.478 e. The summed E-state index contributed by atoms with van der Waals surface area (Å²) >= 11 is 5.74. The fourth-order valence-electron chi connectivity index (χ4n) is 1.76. The summed E-state index contributed by atoms with van der Waals surface area (Å²) in [5.74, 6) is -1.85. The number of aliphatic hydroxyl groups excluding tert-OH is 1. The first kappa shape index (κ1) is 15.0. The van der Waals surface area contributed by atoms with E-state index in [2.05, 4.69) is 5.32 Å². The zero-order valence-electron chi connectivity index (χ0n) is 10.8. The van der Waals surface area contributed by atoms with Crippen molar-refractivity contribution < 1.29 is 19.8 Å². The van der Waals surface area contributed by atoms with Gasteiger partial charge in [-0.15, -0.1) is 0 Å². The summed E-state index contributed by atoms with van der Waals surface area (Å²) in [6.45, 7) is 0. The lowest BCUT2D eigenvalue weighted by atomic mass is 10.1. The predicted octanol–water partition coefficient (Wildman–Crippen LogP) is 2.71. The second-order valence-corrected chi connectivity index (χ2v) is 4.71. The highest BCUT2D eigenvalue weighted by molar-refractivity contribution is 6.33. The minimum atomic E-state index is -1.34. The van der Waals surface area contributed by atoms with Crippen LogP contribution >= 0.6 is 11.6 Å².